The van der Waals surface area contributed by atoms with Crippen LogP contribution in [0.2, 0.25) is 0 Å². The van der Waals surface area contributed by atoms with Crippen LogP contribution in [0.15, 0.2) is 18.2 Å². The highest BCUT2D eigenvalue weighted by Crippen LogP contribution is 2.31. The van der Waals surface area contributed by atoms with Crippen LogP contribution in [0.5, 0.6) is 0 Å². The largest absolute Gasteiger partial charge is 0.363 e. The molecule has 0 aromatic heterocycles. The van der Waals surface area contributed by atoms with Crippen LogP contribution < -0.4 is 4.90 Å². The molecule has 0 bridgehead atoms. The van der Waals surface area contributed by atoms with E-state index in [4.69, 9.17) is 0 Å². The van der Waals surface area contributed by atoms with Crippen molar-refractivity contribution in [3.05, 3.63) is 64.0 Å². The summed E-state index contributed by atoms with van der Waals surface area (Å²) in [6.07, 6.45) is 0. The second-order valence-electron chi connectivity index (χ2n) is 6.50. The van der Waals surface area contributed by atoms with Gasteiger partial charge in [0.2, 0.25) is 5.82 Å². The first-order valence-corrected chi connectivity index (χ1v) is 8.35. The van der Waals surface area contributed by atoms with Crippen molar-refractivity contribution in [2.24, 2.45) is 0 Å². The third kappa shape index (κ3) is 3.36. The fourth-order valence-corrected chi connectivity index (χ4v) is 3.06. The molecule has 1 fully saturated rings. The summed E-state index contributed by atoms with van der Waals surface area (Å²) in [5, 5.41) is 0. The van der Waals surface area contributed by atoms with Gasteiger partial charge in [0.05, 0.1) is 0 Å². The zero-order chi connectivity index (χ0) is 19.9. The number of rotatable bonds is 2. The number of piperazine rings is 1. The SMILES string of the molecule is Cc1ccc(C(=O)N2CCN(c3c(F)c(F)c(F)c(F)c3F)CC2)cc1C. The molecule has 0 saturated carbocycles. The summed E-state index contributed by atoms with van der Waals surface area (Å²) in [5.74, 6) is -10.1. The summed E-state index contributed by atoms with van der Waals surface area (Å²) >= 11 is 0. The lowest BCUT2D eigenvalue weighted by Gasteiger charge is -2.36. The fourth-order valence-electron chi connectivity index (χ4n) is 3.06. The second-order valence-corrected chi connectivity index (χ2v) is 6.50. The van der Waals surface area contributed by atoms with E-state index in [-0.39, 0.29) is 32.1 Å². The van der Waals surface area contributed by atoms with E-state index in [1.807, 2.05) is 19.9 Å². The number of hydrogen-bond donors (Lipinski definition) is 0. The quantitative estimate of drug-likeness (QED) is 0.445. The van der Waals surface area contributed by atoms with E-state index in [0.29, 0.717) is 5.56 Å². The maximum atomic E-state index is 13.9. The lowest BCUT2D eigenvalue weighted by Crippen LogP contribution is -2.49. The average Bonchev–Trinajstić information content (AvgIpc) is 2.67. The van der Waals surface area contributed by atoms with Crippen molar-refractivity contribution < 1.29 is 26.7 Å². The van der Waals surface area contributed by atoms with Crippen LogP contribution in [-0.4, -0.2) is 37.0 Å². The van der Waals surface area contributed by atoms with Crippen LogP contribution in [0.3, 0.4) is 0 Å². The summed E-state index contributed by atoms with van der Waals surface area (Å²) in [4.78, 5) is 15.1. The van der Waals surface area contributed by atoms with Crippen molar-refractivity contribution in [1.29, 1.82) is 0 Å². The molecular weight excluding hydrogens is 367 g/mol. The summed E-state index contributed by atoms with van der Waals surface area (Å²) < 4.78 is 67.9. The van der Waals surface area contributed by atoms with Crippen molar-refractivity contribution in [3.8, 4) is 0 Å². The van der Waals surface area contributed by atoms with Crippen molar-refractivity contribution in [2.75, 3.05) is 31.1 Å². The van der Waals surface area contributed by atoms with Crippen molar-refractivity contribution in [3.63, 3.8) is 0 Å². The molecule has 1 aliphatic rings. The van der Waals surface area contributed by atoms with Gasteiger partial charge in [-0.3, -0.25) is 4.79 Å². The van der Waals surface area contributed by atoms with Gasteiger partial charge in [-0.1, -0.05) is 6.07 Å². The Balaban J connectivity index is 1.78. The number of carbonyl (C=O) groups is 1. The van der Waals surface area contributed by atoms with Crippen molar-refractivity contribution in [1.82, 2.24) is 4.90 Å². The number of amides is 1. The minimum absolute atomic E-state index is 0.0467. The molecule has 1 aliphatic heterocycles. The molecule has 0 atom stereocenters. The standard InChI is InChI=1S/C19H17F5N2O/c1-10-3-4-12(9-11(10)2)19(27)26-7-5-25(6-8-26)18-16(23)14(21)13(20)15(22)17(18)24/h3-4,9H,5-8H2,1-2H3. The Kier molecular flexibility index (Phi) is 5.08. The molecule has 0 unspecified atom stereocenters. The van der Waals surface area contributed by atoms with Crippen LogP contribution >= 0.6 is 0 Å². The number of halogens is 5. The highest BCUT2D eigenvalue weighted by molar-refractivity contribution is 5.94. The highest BCUT2D eigenvalue weighted by atomic mass is 19.2. The first kappa shape index (κ1) is 19.1. The van der Waals surface area contributed by atoms with Gasteiger partial charge in [-0.25, -0.2) is 22.0 Å². The minimum Gasteiger partial charge on any atom is -0.363 e. The zero-order valence-electron chi connectivity index (χ0n) is 14.8. The van der Waals surface area contributed by atoms with Crippen LogP contribution in [-0.2, 0) is 0 Å². The molecule has 0 radical (unpaired) electrons. The Morgan fingerprint density at radius 2 is 1.30 bits per heavy atom. The van der Waals surface area contributed by atoms with E-state index >= 15 is 0 Å². The predicted octanol–water partition coefficient (Wildman–Crippen LogP) is 3.96. The van der Waals surface area contributed by atoms with Gasteiger partial charge in [-0.05, 0) is 37.1 Å². The maximum absolute atomic E-state index is 13.9. The number of nitrogens with zero attached hydrogens (tertiary/aromatic N) is 2. The fraction of sp³-hybridized carbons (Fsp3) is 0.316. The van der Waals surface area contributed by atoms with E-state index in [2.05, 4.69) is 0 Å². The maximum Gasteiger partial charge on any atom is 0.253 e. The van der Waals surface area contributed by atoms with Crippen molar-refractivity contribution in [2.45, 2.75) is 13.8 Å². The molecule has 0 N–H and O–H groups in total. The number of benzene rings is 2. The van der Waals surface area contributed by atoms with E-state index < -0.39 is 34.8 Å². The molecule has 144 valence electrons. The van der Waals surface area contributed by atoms with Crippen LogP contribution in [0.1, 0.15) is 21.5 Å². The van der Waals surface area contributed by atoms with Gasteiger partial charge in [0.25, 0.3) is 5.91 Å². The molecule has 27 heavy (non-hydrogen) atoms. The molecule has 0 spiro atoms. The number of carbonyl (C=O) groups excluding carboxylic acids is 1. The number of aryl methyl sites for hydroxylation is 2. The Morgan fingerprint density at radius 3 is 1.81 bits per heavy atom. The molecule has 0 aliphatic carbocycles. The van der Waals surface area contributed by atoms with Crippen molar-refractivity contribution >= 4 is 11.6 Å². The van der Waals surface area contributed by atoms with Gasteiger partial charge >= 0.3 is 0 Å². The van der Waals surface area contributed by atoms with E-state index in [0.717, 1.165) is 16.0 Å². The summed E-state index contributed by atoms with van der Waals surface area (Å²) in [7, 11) is 0. The normalized spacial score (nSPS) is 14.6. The zero-order valence-corrected chi connectivity index (χ0v) is 14.8. The topological polar surface area (TPSA) is 23.6 Å². The Morgan fingerprint density at radius 1 is 0.778 bits per heavy atom. The molecule has 3 rings (SSSR count). The van der Waals surface area contributed by atoms with Crippen LogP contribution in [0.25, 0.3) is 0 Å². The smallest absolute Gasteiger partial charge is 0.253 e. The van der Waals surface area contributed by atoms with Crippen LogP contribution in [0, 0.1) is 42.9 Å². The van der Waals surface area contributed by atoms with E-state index in [1.54, 1.807) is 12.1 Å². The molecule has 2 aromatic carbocycles. The van der Waals surface area contributed by atoms with Gasteiger partial charge in [-0.2, -0.15) is 0 Å². The average molecular weight is 384 g/mol. The summed E-state index contributed by atoms with van der Waals surface area (Å²) in [6.45, 7) is 3.92. The van der Waals surface area contributed by atoms with E-state index in [1.165, 1.54) is 4.90 Å². The first-order valence-electron chi connectivity index (χ1n) is 8.35. The molecular formula is C19H17F5N2O. The Labute approximate surface area is 153 Å². The van der Waals surface area contributed by atoms with Gasteiger partial charge in [0, 0.05) is 31.7 Å². The number of anilines is 1. The Bertz CT molecular complexity index is 878. The monoisotopic (exact) mass is 384 g/mol. The molecule has 3 nitrogen and oxygen atoms in total. The summed E-state index contributed by atoms with van der Waals surface area (Å²) in [6, 6.07) is 5.28. The highest BCUT2D eigenvalue weighted by Gasteiger charge is 2.31. The minimum atomic E-state index is -2.18. The van der Waals surface area contributed by atoms with Gasteiger partial charge in [0.15, 0.2) is 23.3 Å². The number of hydrogen-bond acceptors (Lipinski definition) is 2. The molecule has 2 aromatic rings. The van der Waals surface area contributed by atoms with E-state index in [9.17, 15) is 26.7 Å². The molecule has 1 saturated heterocycles. The van der Waals surface area contributed by atoms with Gasteiger partial charge in [-0.15, -0.1) is 0 Å². The molecule has 1 heterocycles. The predicted molar refractivity (Wildman–Crippen MR) is 90.3 cm³/mol. The third-order valence-corrected chi connectivity index (χ3v) is 4.82. The van der Waals surface area contributed by atoms with Gasteiger partial charge in [0.1, 0.15) is 5.69 Å². The lowest BCUT2D eigenvalue weighted by atomic mass is 10.1. The second kappa shape index (κ2) is 7.17. The molecule has 8 heteroatoms. The molecule has 1 amide bonds. The first-order chi connectivity index (χ1) is 12.7. The lowest BCUT2D eigenvalue weighted by molar-refractivity contribution is 0.0746. The summed E-state index contributed by atoms with van der Waals surface area (Å²) in [5.41, 5.74) is 1.54. The third-order valence-electron chi connectivity index (χ3n) is 4.82. The van der Waals surface area contributed by atoms with Gasteiger partial charge < -0.3 is 9.80 Å². The Hall–Kier alpha value is -2.64. The van der Waals surface area contributed by atoms with Crippen LogP contribution in [0.4, 0.5) is 27.6 Å².